The molecule has 4 heteroatoms. The number of carbonyl (C=O) groups excluding carboxylic acids is 1. The topological polar surface area (TPSA) is 61.6 Å². The van der Waals surface area contributed by atoms with Crippen molar-refractivity contribution < 1.29 is 14.3 Å². The van der Waals surface area contributed by atoms with Crippen LogP contribution in [-0.2, 0) is 0 Å². The highest BCUT2D eigenvalue weighted by molar-refractivity contribution is 6.03. The van der Waals surface area contributed by atoms with Crippen molar-refractivity contribution in [3.05, 3.63) is 23.8 Å². The van der Waals surface area contributed by atoms with Crippen molar-refractivity contribution in [3.8, 4) is 11.5 Å². The van der Waals surface area contributed by atoms with Crippen molar-refractivity contribution >= 4 is 5.78 Å². The van der Waals surface area contributed by atoms with Crippen LogP contribution in [0.4, 0.5) is 0 Å². The molecule has 1 aromatic rings. The molecule has 96 valence electrons. The van der Waals surface area contributed by atoms with Gasteiger partial charge in [-0.05, 0) is 43.9 Å². The molecule has 1 atom stereocenters. The van der Waals surface area contributed by atoms with Crippen molar-refractivity contribution in [2.45, 2.75) is 25.3 Å². The van der Waals surface area contributed by atoms with Crippen LogP contribution in [0.15, 0.2) is 18.2 Å². The van der Waals surface area contributed by atoms with E-state index in [0.29, 0.717) is 36.2 Å². The molecule has 1 aliphatic carbocycles. The summed E-state index contributed by atoms with van der Waals surface area (Å²) in [6, 6.07) is 5.29. The van der Waals surface area contributed by atoms with E-state index in [1.165, 1.54) is 0 Å². The number of rotatable bonds is 3. The fourth-order valence-corrected chi connectivity index (χ4v) is 2.36. The van der Waals surface area contributed by atoms with E-state index in [1.54, 1.807) is 18.2 Å². The fourth-order valence-electron chi connectivity index (χ4n) is 2.36. The SMILES string of the molecule is CC(N)(C(=O)c1ccc2c(c1)OCCO2)C1CC1. The summed E-state index contributed by atoms with van der Waals surface area (Å²) in [6.45, 7) is 2.90. The van der Waals surface area contributed by atoms with Crippen LogP contribution in [-0.4, -0.2) is 24.5 Å². The first kappa shape index (κ1) is 11.5. The van der Waals surface area contributed by atoms with E-state index < -0.39 is 5.54 Å². The van der Waals surface area contributed by atoms with Crippen LogP contribution in [0.2, 0.25) is 0 Å². The van der Waals surface area contributed by atoms with Crippen LogP contribution in [0.3, 0.4) is 0 Å². The summed E-state index contributed by atoms with van der Waals surface area (Å²) < 4.78 is 10.9. The number of ether oxygens (including phenoxy) is 2. The highest BCUT2D eigenvalue weighted by atomic mass is 16.6. The van der Waals surface area contributed by atoms with Crippen molar-refractivity contribution in [3.63, 3.8) is 0 Å². The molecule has 3 rings (SSSR count). The molecular formula is C14H17NO3. The third kappa shape index (κ3) is 1.86. The number of ketones is 1. The number of benzene rings is 1. The van der Waals surface area contributed by atoms with E-state index in [0.717, 1.165) is 12.8 Å². The van der Waals surface area contributed by atoms with Gasteiger partial charge in [-0.25, -0.2) is 0 Å². The molecule has 1 heterocycles. The minimum Gasteiger partial charge on any atom is -0.486 e. The van der Waals surface area contributed by atoms with Gasteiger partial charge >= 0.3 is 0 Å². The molecule has 1 saturated carbocycles. The second-order valence-electron chi connectivity index (χ2n) is 5.24. The molecular weight excluding hydrogens is 230 g/mol. The van der Waals surface area contributed by atoms with Crippen LogP contribution in [0.5, 0.6) is 11.5 Å². The fraction of sp³-hybridized carbons (Fsp3) is 0.500. The van der Waals surface area contributed by atoms with E-state index in [-0.39, 0.29) is 5.78 Å². The van der Waals surface area contributed by atoms with Crippen molar-refractivity contribution in [2.75, 3.05) is 13.2 Å². The summed E-state index contributed by atoms with van der Waals surface area (Å²) in [6.07, 6.45) is 2.09. The van der Waals surface area contributed by atoms with Gasteiger partial charge in [0.25, 0.3) is 0 Å². The summed E-state index contributed by atoms with van der Waals surface area (Å²) >= 11 is 0. The Morgan fingerprint density at radius 3 is 2.61 bits per heavy atom. The van der Waals surface area contributed by atoms with Gasteiger partial charge in [0, 0.05) is 5.56 Å². The average molecular weight is 247 g/mol. The van der Waals surface area contributed by atoms with E-state index in [9.17, 15) is 4.79 Å². The Morgan fingerprint density at radius 1 is 1.28 bits per heavy atom. The molecule has 0 saturated heterocycles. The molecule has 1 unspecified atom stereocenters. The summed E-state index contributed by atoms with van der Waals surface area (Å²) in [7, 11) is 0. The van der Waals surface area contributed by atoms with Gasteiger partial charge in [-0.2, -0.15) is 0 Å². The molecule has 4 nitrogen and oxygen atoms in total. The minimum atomic E-state index is -0.760. The Bertz CT molecular complexity index is 492. The summed E-state index contributed by atoms with van der Waals surface area (Å²) in [4.78, 5) is 12.4. The monoisotopic (exact) mass is 247 g/mol. The van der Waals surface area contributed by atoms with E-state index in [4.69, 9.17) is 15.2 Å². The van der Waals surface area contributed by atoms with E-state index in [1.807, 2.05) is 6.92 Å². The first-order valence-electron chi connectivity index (χ1n) is 6.32. The lowest BCUT2D eigenvalue weighted by molar-refractivity contribution is 0.0882. The number of carbonyl (C=O) groups is 1. The van der Waals surface area contributed by atoms with Gasteiger partial charge in [-0.3, -0.25) is 4.79 Å². The molecule has 1 fully saturated rings. The van der Waals surface area contributed by atoms with Gasteiger partial charge in [0.05, 0.1) is 5.54 Å². The minimum absolute atomic E-state index is 0.0121. The second-order valence-corrected chi connectivity index (χ2v) is 5.24. The zero-order valence-corrected chi connectivity index (χ0v) is 10.4. The highest BCUT2D eigenvalue weighted by Gasteiger charge is 2.44. The molecule has 0 radical (unpaired) electrons. The molecule has 18 heavy (non-hydrogen) atoms. The Morgan fingerprint density at radius 2 is 1.94 bits per heavy atom. The summed E-state index contributed by atoms with van der Waals surface area (Å²) in [5.41, 5.74) is 6.00. The van der Waals surface area contributed by atoms with Gasteiger partial charge in [-0.1, -0.05) is 0 Å². The second kappa shape index (κ2) is 3.99. The lowest BCUT2D eigenvalue weighted by Crippen LogP contribution is -2.47. The third-order valence-corrected chi connectivity index (χ3v) is 3.72. The van der Waals surface area contributed by atoms with Gasteiger partial charge in [0.15, 0.2) is 17.3 Å². The highest BCUT2D eigenvalue weighted by Crippen LogP contribution is 2.40. The van der Waals surface area contributed by atoms with Crippen LogP contribution >= 0.6 is 0 Å². The molecule has 2 aliphatic rings. The van der Waals surface area contributed by atoms with Crippen LogP contribution < -0.4 is 15.2 Å². The van der Waals surface area contributed by atoms with Crippen molar-refractivity contribution in [2.24, 2.45) is 11.7 Å². The zero-order chi connectivity index (χ0) is 12.8. The standard InChI is InChI=1S/C14H17NO3/c1-14(15,10-3-4-10)13(16)9-2-5-11-12(8-9)18-7-6-17-11/h2,5,8,10H,3-4,6-7,15H2,1H3. The predicted molar refractivity (Wildman–Crippen MR) is 67.1 cm³/mol. The smallest absolute Gasteiger partial charge is 0.182 e. The van der Waals surface area contributed by atoms with Gasteiger partial charge in [0.2, 0.25) is 0 Å². The molecule has 0 aromatic heterocycles. The first-order chi connectivity index (χ1) is 8.59. The van der Waals surface area contributed by atoms with Gasteiger partial charge in [-0.15, -0.1) is 0 Å². The Balaban J connectivity index is 1.90. The maximum Gasteiger partial charge on any atom is 0.182 e. The molecule has 0 bridgehead atoms. The maximum atomic E-state index is 12.4. The lowest BCUT2D eigenvalue weighted by atomic mass is 9.87. The normalized spacial score (nSPS) is 21.2. The molecule has 1 aromatic carbocycles. The Labute approximate surface area is 106 Å². The third-order valence-electron chi connectivity index (χ3n) is 3.72. The largest absolute Gasteiger partial charge is 0.486 e. The lowest BCUT2D eigenvalue weighted by Gasteiger charge is -2.24. The Hall–Kier alpha value is -1.55. The van der Waals surface area contributed by atoms with Gasteiger partial charge in [0.1, 0.15) is 13.2 Å². The van der Waals surface area contributed by atoms with Crippen LogP contribution in [0.25, 0.3) is 0 Å². The molecule has 1 aliphatic heterocycles. The van der Waals surface area contributed by atoms with Crippen molar-refractivity contribution in [1.29, 1.82) is 0 Å². The summed E-state index contributed by atoms with van der Waals surface area (Å²) in [5.74, 6) is 1.64. The molecule has 0 spiro atoms. The average Bonchev–Trinajstić information content (AvgIpc) is 3.22. The zero-order valence-electron chi connectivity index (χ0n) is 10.4. The number of nitrogens with two attached hydrogens (primary N) is 1. The quantitative estimate of drug-likeness (QED) is 0.827. The molecule has 2 N–H and O–H groups in total. The van der Waals surface area contributed by atoms with E-state index in [2.05, 4.69) is 0 Å². The molecule has 0 amide bonds. The number of hydrogen-bond acceptors (Lipinski definition) is 4. The van der Waals surface area contributed by atoms with Crippen LogP contribution in [0, 0.1) is 5.92 Å². The van der Waals surface area contributed by atoms with Gasteiger partial charge < -0.3 is 15.2 Å². The predicted octanol–water partition coefficient (Wildman–Crippen LogP) is 1.77. The number of hydrogen-bond donors (Lipinski definition) is 1. The van der Waals surface area contributed by atoms with Crippen molar-refractivity contribution in [1.82, 2.24) is 0 Å². The first-order valence-corrected chi connectivity index (χ1v) is 6.32. The van der Waals surface area contributed by atoms with Crippen LogP contribution in [0.1, 0.15) is 30.1 Å². The number of fused-ring (bicyclic) bond motifs is 1. The van der Waals surface area contributed by atoms with E-state index >= 15 is 0 Å². The summed E-state index contributed by atoms with van der Waals surface area (Å²) in [5, 5.41) is 0. The maximum absolute atomic E-state index is 12.4. The number of Topliss-reactive ketones (excluding diaryl/α,β-unsaturated/α-hetero) is 1. The Kier molecular flexibility index (Phi) is 2.55.